The third-order valence-electron chi connectivity index (χ3n) is 5.49. The van der Waals surface area contributed by atoms with Crippen molar-refractivity contribution in [1.29, 1.82) is 0 Å². The van der Waals surface area contributed by atoms with Crippen molar-refractivity contribution in [2.24, 2.45) is 11.8 Å². The van der Waals surface area contributed by atoms with E-state index >= 15 is 0 Å². The fourth-order valence-electron chi connectivity index (χ4n) is 3.76. The molecule has 8 nitrogen and oxygen atoms in total. The van der Waals surface area contributed by atoms with E-state index in [1.165, 1.54) is 28.6 Å². The lowest BCUT2D eigenvalue weighted by Gasteiger charge is -2.17. The summed E-state index contributed by atoms with van der Waals surface area (Å²) >= 11 is 3.08. The van der Waals surface area contributed by atoms with Gasteiger partial charge in [-0.15, -0.1) is 21.5 Å². The molecule has 0 radical (unpaired) electrons. The Balaban J connectivity index is 1.65. The number of hydrogen-bond donors (Lipinski definition) is 2. The molecule has 10 heteroatoms. The number of rotatable bonds is 5. The van der Waals surface area contributed by atoms with E-state index in [-0.39, 0.29) is 29.4 Å². The lowest BCUT2D eigenvalue weighted by Crippen LogP contribution is -2.44. The molecule has 0 aliphatic heterocycles. The number of hydrogen-bond acceptors (Lipinski definition) is 7. The van der Waals surface area contributed by atoms with E-state index in [4.69, 9.17) is 4.98 Å². The molecule has 166 valence electrons. The smallest absolute Gasteiger partial charge is 0.248 e. The molecule has 2 amide bonds. The number of amides is 2. The summed E-state index contributed by atoms with van der Waals surface area (Å²) in [7, 11) is 0. The molecule has 4 rings (SSSR count). The minimum Gasteiger partial charge on any atom is -0.273 e. The molecule has 3 aromatic heterocycles. The first-order chi connectivity index (χ1) is 14.8. The van der Waals surface area contributed by atoms with E-state index in [0.29, 0.717) is 11.1 Å². The fourth-order valence-corrected chi connectivity index (χ4v) is 5.89. The van der Waals surface area contributed by atoms with Crippen molar-refractivity contribution in [3.63, 3.8) is 0 Å². The molecule has 0 fully saturated rings. The Hall–Kier alpha value is -2.20. The standard InChI is InChI=1S/C21H28N6O2S2/c1-10(2)17-22-20-16(13-7-6-12(5)8-14(13)31-20)18-24-26-21(27(17)18)30-9-15(28)23-25-19(29)11(3)4/h10-12H,6-9H2,1-5H3,(H,23,28)(H,25,29)/t12-/m1/s1. The van der Waals surface area contributed by atoms with Crippen molar-refractivity contribution in [1.82, 2.24) is 30.4 Å². The van der Waals surface area contributed by atoms with Gasteiger partial charge in [0.15, 0.2) is 10.8 Å². The summed E-state index contributed by atoms with van der Waals surface area (Å²) in [5, 5.41) is 10.7. The van der Waals surface area contributed by atoms with Gasteiger partial charge in [-0.2, -0.15) is 0 Å². The Morgan fingerprint density at radius 2 is 2.00 bits per heavy atom. The fraction of sp³-hybridized carbons (Fsp3) is 0.571. The van der Waals surface area contributed by atoms with Crippen LogP contribution in [0.25, 0.3) is 15.9 Å². The van der Waals surface area contributed by atoms with Gasteiger partial charge < -0.3 is 0 Å². The van der Waals surface area contributed by atoms with E-state index in [1.807, 2.05) is 4.40 Å². The van der Waals surface area contributed by atoms with E-state index < -0.39 is 0 Å². The molecular formula is C21H28N6O2S2. The van der Waals surface area contributed by atoms with Crippen LogP contribution in [0.15, 0.2) is 5.16 Å². The second-order valence-electron chi connectivity index (χ2n) is 8.78. The minimum absolute atomic E-state index is 0.119. The highest BCUT2D eigenvalue weighted by atomic mass is 32.2. The number of thiophene rings is 1. The second-order valence-corrected chi connectivity index (χ2v) is 10.8. The first-order valence-corrected chi connectivity index (χ1v) is 12.5. The van der Waals surface area contributed by atoms with Crippen LogP contribution in [0.2, 0.25) is 0 Å². The number of carbonyl (C=O) groups is 2. The Kier molecular flexibility index (Phi) is 6.20. The maximum atomic E-state index is 12.2. The molecule has 1 aliphatic carbocycles. The summed E-state index contributed by atoms with van der Waals surface area (Å²) in [6, 6.07) is 0. The molecule has 0 spiro atoms. The third kappa shape index (κ3) is 4.27. The molecule has 0 aromatic carbocycles. The van der Waals surface area contributed by atoms with E-state index in [0.717, 1.165) is 34.5 Å². The Morgan fingerprint density at radius 3 is 2.71 bits per heavy atom. The van der Waals surface area contributed by atoms with E-state index in [2.05, 4.69) is 41.8 Å². The number of thioether (sulfide) groups is 1. The molecule has 0 bridgehead atoms. The Bertz CT molecular complexity index is 1150. The molecule has 0 saturated heterocycles. The van der Waals surface area contributed by atoms with Crippen molar-refractivity contribution >= 4 is 50.8 Å². The molecule has 2 N–H and O–H groups in total. The first-order valence-electron chi connectivity index (χ1n) is 10.7. The van der Waals surface area contributed by atoms with Gasteiger partial charge >= 0.3 is 0 Å². The van der Waals surface area contributed by atoms with Crippen LogP contribution >= 0.6 is 23.1 Å². The average molecular weight is 461 g/mol. The molecule has 3 heterocycles. The monoisotopic (exact) mass is 460 g/mol. The number of nitrogens with zero attached hydrogens (tertiary/aromatic N) is 4. The van der Waals surface area contributed by atoms with Gasteiger partial charge in [0, 0.05) is 16.7 Å². The lowest BCUT2D eigenvalue weighted by molar-refractivity contribution is -0.129. The number of aryl methyl sites for hydroxylation is 1. The van der Waals surface area contributed by atoms with Gasteiger partial charge in [0.05, 0.1) is 11.1 Å². The van der Waals surface area contributed by atoms with E-state index in [1.54, 1.807) is 25.2 Å². The molecule has 31 heavy (non-hydrogen) atoms. The van der Waals surface area contributed by atoms with Gasteiger partial charge in [-0.3, -0.25) is 24.8 Å². The van der Waals surface area contributed by atoms with Gasteiger partial charge in [0.1, 0.15) is 10.7 Å². The van der Waals surface area contributed by atoms with Gasteiger partial charge in [0.2, 0.25) is 11.8 Å². The van der Waals surface area contributed by atoms with Crippen LogP contribution in [0.5, 0.6) is 0 Å². The van der Waals surface area contributed by atoms with Crippen molar-refractivity contribution in [2.75, 3.05) is 5.75 Å². The summed E-state index contributed by atoms with van der Waals surface area (Å²) in [4.78, 5) is 31.3. The maximum Gasteiger partial charge on any atom is 0.248 e. The number of nitrogens with one attached hydrogen (secondary N) is 2. The van der Waals surface area contributed by atoms with Crippen LogP contribution in [0, 0.1) is 11.8 Å². The van der Waals surface area contributed by atoms with E-state index in [9.17, 15) is 9.59 Å². The zero-order chi connectivity index (χ0) is 22.3. The highest BCUT2D eigenvalue weighted by Crippen LogP contribution is 2.40. The van der Waals surface area contributed by atoms with Crippen LogP contribution in [-0.4, -0.2) is 37.1 Å². The maximum absolute atomic E-state index is 12.2. The third-order valence-corrected chi connectivity index (χ3v) is 7.57. The highest BCUT2D eigenvalue weighted by molar-refractivity contribution is 7.99. The van der Waals surface area contributed by atoms with Crippen LogP contribution in [-0.2, 0) is 22.4 Å². The molecule has 1 aliphatic rings. The number of aromatic nitrogens is 4. The Labute approximate surface area is 189 Å². The van der Waals surface area contributed by atoms with Gasteiger partial charge in [-0.1, -0.05) is 46.4 Å². The van der Waals surface area contributed by atoms with Gasteiger partial charge in [-0.25, -0.2) is 4.98 Å². The highest BCUT2D eigenvalue weighted by Gasteiger charge is 2.26. The predicted molar refractivity (Wildman–Crippen MR) is 123 cm³/mol. The van der Waals surface area contributed by atoms with Crippen molar-refractivity contribution in [3.8, 4) is 0 Å². The minimum atomic E-state index is -0.294. The number of hydrazine groups is 1. The molecule has 0 unspecified atom stereocenters. The number of fused-ring (bicyclic) bond motifs is 5. The molecule has 3 aromatic rings. The summed E-state index contributed by atoms with van der Waals surface area (Å²) in [5.74, 6) is 1.17. The van der Waals surface area contributed by atoms with Crippen molar-refractivity contribution < 1.29 is 9.59 Å². The lowest BCUT2D eigenvalue weighted by atomic mass is 9.89. The summed E-state index contributed by atoms with van der Waals surface area (Å²) < 4.78 is 2.00. The summed E-state index contributed by atoms with van der Waals surface area (Å²) in [6.45, 7) is 10.0. The summed E-state index contributed by atoms with van der Waals surface area (Å²) in [6.07, 6.45) is 3.31. The molecular weight excluding hydrogens is 432 g/mol. The first kappa shape index (κ1) is 22.0. The summed E-state index contributed by atoms with van der Waals surface area (Å²) in [5.41, 5.74) is 7.08. The normalized spacial score (nSPS) is 16.3. The van der Waals surface area contributed by atoms with Crippen molar-refractivity contribution in [2.45, 2.75) is 65.0 Å². The molecule has 1 atom stereocenters. The van der Waals surface area contributed by atoms with Crippen molar-refractivity contribution in [3.05, 3.63) is 16.3 Å². The quantitative estimate of drug-likeness (QED) is 0.446. The Morgan fingerprint density at radius 1 is 1.23 bits per heavy atom. The van der Waals surface area contributed by atoms with Crippen LogP contribution < -0.4 is 10.9 Å². The average Bonchev–Trinajstić information content (AvgIpc) is 3.29. The SMILES string of the molecule is CC(C)C(=O)NNC(=O)CSc1nnc2c3c4c(sc3nc(C(C)C)n12)C[C@H](C)CC4. The topological polar surface area (TPSA) is 101 Å². The predicted octanol–water partition coefficient (Wildman–Crippen LogP) is 3.48. The van der Waals surface area contributed by atoms with Gasteiger partial charge in [-0.05, 0) is 30.7 Å². The largest absolute Gasteiger partial charge is 0.273 e. The van der Waals surface area contributed by atoms with Gasteiger partial charge in [0.25, 0.3) is 0 Å². The number of carbonyl (C=O) groups excluding carboxylic acids is 2. The molecule has 0 saturated carbocycles. The van der Waals surface area contributed by atoms with Crippen LogP contribution in [0.3, 0.4) is 0 Å². The second kappa shape index (κ2) is 8.74. The van der Waals surface area contributed by atoms with Crippen LogP contribution in [0.4, 0.5) is 0 Å². The zero-order valence-electron chi connectivity index (χ0n) is 18.5. The zero-order valence-corrected chi connectivity index (χ0v) is 20.1. The van der Waals surface area contributed by atoms with Crippen LogP contribution in [0.1, 0.15) is 63.2 Å².